The number of nitrogens with two attached hydrogens (primary N) is 1. The van der Waals surface area contributed by atoms with Crippen LogP contribution in [0.3, 0.4) is 0 Å². The summed E-state index contributed by atoms with van der Waals surface area (Å²) in [7, 11) is 0. The van der Waals surface area contributed by atoms with Gasteiger partial charge in [0.1, 0.15) is 0 Å². The lowest BCUT2D eigenvalue weighted by Gasteiger charge is -2.09. The third kappa shape index (κ3) is 5.61. The van der Waals surface area contributed by atoms with E-state index in [0.717, 1.165) is 29.8 Å². The van der Waals surface area contributed by atoms with Gasteiger partial charge in [-0.05, 0) is 37.1 Å². The van der Waals surface area contributed by atoms with E-state index in [9.17, 15) is 4.79 Å². The quantitative estimate of drug-likeness (QED) is 0.368. The van der Waals surface area contributed by atoms with Gasteiger partial charge < -0.3 is 10.7 Å². The molecule has 0 heterocycles. The SMILES string of the molecule is CCCCCCCCNC(=O)c1ccc(NN)cc1C. The standard InChI is InChI=1S/C16H27N3O/c1-3-4-5-6-7-8-11-18-16(20)15-10-9-14(19-17)12-13(15)2/h9-10,12,19H,3-8,11,17H2,1-2H3,(H,18,20). The molecule has 1 aromatic carbocycles. The summed E-state index contributed by atoms with van der Waals surface area (Å²) >= 11 is 0. The third-order valence-electron chi connectivity index (χ3n) is 3.45. The van der Waals surface area contributed by atoms with Gasteiger partial charge >= 0.3 is 0 Å². The zero-order valence-electron chi connectivity index (χ0n) is 12.7. The van der Waals surface area contributed by atoms with Crippen molar-refractivity contribution in [3.05, 3.63) is 29.3 Å². The molecule has 0 bridgehead atoms. The number of carbonyl (C=O) groups excluding carboxylic acids is 1. The summed E-state index contributed by atoms with van der Waals surface area (Å²) in [5.74, 6) is 5.34. The summed E-state index contributed by atoms with van der Waals surface area (Å²) in [5, 5.41) is 2.98. The molecule has 112 valence electrons. The average molecular weight is 277 g/mol. The van der Waals surface area contributed by atoms with E-state index < -0.39 is 0 Å². The summed E-state index contributed by atoms with van der Waals surface area (Å²) in [5.41, 5.74) is 5.04. The van der Waals surface area contributed by atoms with Gasteiger partial charge in [0, 0.05) is 17.8 Å². The molecule has 0 unspecified atom stereocenters. The Morgan fingerprint density at radius 2 is 1.85 bits per heavy atom. The highest BCUT2D eigenvalue weighted by atomic mass is 16.1. The molecule has 0 aliphatic carbocycles. The molecule has 0 aliphatic heterocycles. The van der Waals surface area contributed by atoms with Crippen molar-refractivity contribution in [1.82, 2.24) is 5.32 Å². The van der Waals surface area contributed by atoms with E-state index in [2.05, 4.69) is 17.7 Å². The molecular weight excluding hydrogens is 250 g/mol. The van der Waals surface area contributed by atoms with Crippen LogP contribution in [0.25, 0.3) is 0 Å². The van der Waals surface area contributed by atoms with E-state index in [1.807, 2.05) is 19.1 Å². The Morgan fingerprint density at radius 3 is 2.50 bits per heavy atom. The molecule has 0 aliphatic rings. The maximum absolute atomic E-state index is 12.0. The molecule has 0 radical (unpaired) electrons. The maximum Gasteiger partial charge on any atom is 0.251 e. The number of amides is 1. The second kappa shape index (κ2) is 9.37. The van der Waals surface area contributed by atoms with Crippen LogP contribution in [-0.2, 0) is 0 Å². The number of hydrogen-bond donors (Lipinski definition) is 3. The van der Waals surface area contributed by atoms with E-state index in [1.165, 1.54) is 32.1 Å². The lowest BCUT2D eigenvalue weighted by atomic mass is 10.1. The van der Waals surface area contributed by atoms with Crippen molar-refractivity contribution in [3.63, 3.8) is 0 Å². The molecule has 0 spiro atoms. The predicted molar refractivity (Wildman–Crippen MR) is 84.7 cm³/mol. The van der Waals surface area contributed by atoms with Crippen LogP contribution in [0.2, 0.25) is 0 Å². The van der Waals surface area contributed by atoms with Crippen LogP contribution in [0, 0.1) is 6.92 Å². The van der Waals surface area contributed by atoms with E-state index in [-0.39, 0.29) is 5.91 Å². The van der Waals surface area contributed by atoms with E-state index >= 15 is 0 Å². The number of anilines is 1. The summed E-state index contributed by atoms with van der Waals surface area (Å²) in [4.78, 5) is 12.0. The molecule has 0 atom stereocenters. The lowest BCUT2D eigenvalue weighted by molar-refractivity contribution is 0.0952. The second-order valence-corrected chi connectivity index (χ2v) is 5.20. The first-order valence-electron chi connectivity index (χ1n) is 7.54. The number of nitrogens with one attached hydrogen (secondary N) is 2. The van der Waals surface area contributed by atoms with Gasteiger partial charge in [-0.1, -0.05) is 39.0 Å². The van der Waals surface area contributed by atoms with Gasteiger partial charge in [-0.2, -0.15) is 0 Å². The van der Waals surface area contributed by atoms with Crippen molar-refractivity contribution in [1.29, 1.82) is 0 Å². The van der Waals surface area contributed by atoms with Crippen molar-refractivity contribution in [2.24, 2.45) is 5.84 Å². The Labute approximate surface area is 122 Å². The van der Waals surface area contributed by atoms with E-state index in [1.54, 1.807) is 6.07 Å². The number of unbranched alkanes of at least 4 members (excludes halogenated alkanes) is 5. The molecule has 20 heavy (non-hydrogen) atoms. The molecule has 0 aromatic heterocycles. The molecule has 1 aromatic rings. The first kappa shape index (κ1) is 16.5. The molecule has 0 fully saturated rings. The first-order chi connectivity index (χ1) is 9.69. The predicted octanol–water partition coefficient (Wildman–Crippen LogP) is 3.37. The van der Waals surface area contributed by atoms with Crippen LogP contribution >= 0.6 is 0 Å². The summed E-state index contributed by atoms with van der Waals surface area (Å²) < 4.78 is 0. The van der Waals surface area contributed by atoms with Crippen LogP contribution in [0.15, 0.2) is 18.2 Å². The van der Waals surface area contributed by atoms with Gasteiger partial charge in [0.15, 0.2) is 0 Å². The van der Waals surface area contributed by atoms with Crippen molar-refractivity contribution >= 4 is 11.6 Å². The zero-order valence-corrected chi connectivity index (χ0v) is 12.7. The van der Waals surface area contributed by atoms with E-state index in [4.69, 9.17) is 5.84 Å². The Kier molecular flexibility index (Phi) is 7.73. The first-order valence-corrected chi connectivity index (χ1v) is 7.54. The number of rotatable bonds is 9. The fourth-order valence-corrected chi connectivity index (χ4v) is 2.21. The normalized spacial score (nSPS) is 10.3. The Bertz CT molecular complexity index is 418. The minimum Gasteiger partial charge on any atom is -0.352 e. The zero-order chi connectivity index (χ0) is 14.8. The van der Waals surface area contributed by atoms with Gasteiger partial charge in [-0.15, -0.1) is 0 Å². The van der Waals surface area contributed by atoms with Crippen LogP contribution in [0.5, 0.6) is 0 Å². The topological polar surface area (TPSA) is 67.2 Å². The van der Waals surface area contributed by atoms with Crippen molar-refractivity contribution in [2.45, 2.75) is 52.4 Å². The van der Waals surface area contributed by atoms with Gasteiger partial charge in [0.05, 0.1) is 0 Å². The molecule has 4 N–H and O–H groups in total. The molecule has 1 amide bonds. The highest BCUT2D eigenvalue weighted by Crippen LogP contribution is 2.14. The number of nitrogen functional groups attached to an aromatic ring is 1. The van der Waals surface area contributed by atoms with Crippen LogP contribution in [0.1, 0.15) is 61.4 Å². The van der Waals surface area contributed by atoms with Gasteiger partial charge in [0.25, 0.3) is 5.91 Å². The average Bonchev–Trinajstić information content (AvgIpc) is 2.45. The molecule has 1 rings (SSSR count). The van der Waals surface area contributed by atoms with Crippen molar-refractivity contribution in [3.8, 4) is 0 Å². The monoisotopic (exact) mass is 277 g/mol. The van der Waals surface area contributed by atoms with Gasteiger partial charge in [-0.3, -0.25) is 10.6 Å². The molecule has 0 saturated carbocycles. The Hall–Kier alpha value is -1.55. The maximum atomic E-state index is 12.0. The highest BCUT2D eigenvalue weighted by Gasteiger charge is 2.08. The number of benzene rings is 1. The van der Waals surface area contributed by atoms with Crippen molar-refractivity contribution in [2.75, 3.05) is 12.0 Å². The fraction of sp³-hybridized carbons (Fsp3) is 0.562. The van der Waals surface area contributed by atoms with Crippen LogP contribution in [0.4, 0.5) is 5.69 Å². The van der Waals surface area contributed by atoms with Crippen LogP contribution < -0.4 is 16.6 Å². The minimum atomic E-state index is -0.000343. The van der Waals surface area contributed by atoms with Crippen LogP contribution in [-0.4, -0.2) is 12.5 Å². The Morgan fingerprint density at radius 1 is 1.15 bits per heavy atom. The number of aryl methyl sites for hydroxylation is 1. The van der Waals surface area contributed by atoms with E-state index in [0.29, 0.717) is 0 Å². The molecular formula is C16H27N3O. The van der Waals surface area contributed by atoms with Gasteiger partial charge in [-0.25, -0.2) is 0 Å². The number of hydrogen-bond acceptors (Lipinski definition) is 3. The number of carbonyl (C=O) groups is 1. The third-order valence-corrected chi connectivity index (χ3v) is 3.45. The molecule has 0 saturated heterocycles. The second-order valence-electron chi connectivity index (χ2n) is 5.20. The lowest BCUT2D eigenvalue weighted by Crippen LogP contribution is -2.25. The Balaban J connectivity index is 2.29. The molecule has 4 heteroatoms. The summed E-state index contributed by atoms with van der Waals surface area (Å²) in [6, 6.07) is 5.49. The largest absolute Gasteiger partial charge is 0.352 e. The minimum absolute atomic E-state index is 0.000343. The molecule has 4 nitrogen and oxygen atoms in total. The van der Waals surface area contributed by atoms with Crippen molar-refractivity contribution < 1.29 is 4.79 Å². The summed E-state index contributed by atoms with van der Waals surface area (Å²) in [6.07, 6.45) is 7.39. The highest BCUT2D eigenvalue weighted by molar-refractivity contribution is 5.96. The smallest absolute Gasteiger partial charge is 0.251 e. The fourth-order valence-electron chi connectivity index (χ4n) is 2.21. The number of hydrazine groups is 1. The van der Waals surface area contributed by atoms with Gasteiger partial charge in [0.2, 0.25) is 0 Å². The summed E-state index contributed by atoms with van der Waals surface area (Å²) in [6.45, 7) is 4.88.